The molecule has 4 rings (SSSR count). The summed E-state index contributed by atoms with van der Waals surface area (Å²) in [6.07, 6.45) is 9.86. The first-order valence-corrected chi connectivity index (χ1v) is 15.5. The van der Waals surface area contributed by atoms with E-state index < -0.39 is 0 Å². The molecule has 232 valence electrons. The Labute approximate surface area is 271 Å². The van der Waals surface area contributed by atoms with E-state index >= 15 is 0 Å². The fourth-order valence-corrected chi connectivity index (χ4v) is 4.96. The predicted molar refractivity (Wildman–Crippen MR) is 184 cm³/mol. The van der Waals surface area contributed by atoms with E-state index in [4.69, 9.17) is 9.72 Å². The van der Waals surface area contributed by atoms with Crippen LogP contribution in [0, 0.1) is 29.6 Å². The Kier molecular flexibility index (Phi) is 11.9. The molecule has 0 fully saturated rings. The number of nitriles is 2. The lowest BCUT2D eigenvalue weighted by atomic mass is 10.0. The molecule has 1 N–H and O–H groups in total. The number of methoxy groups -OCH3 is 1. The molecule has 46 heavy (non-hydrogen) atoms. The van der Waals surface area contributed by atoms with Gasteiger partial charge in [-0.2, -0.15) is 10.5 Å². The molecule has 0 saturated heterocycles. The molecule has 0 aliphatic carbocycles. The molecule has 0 atom stereocenters. The number of carbonyl (C=O) groups excluding carboxylic acids is 1. The van der Waals surface area contributed by atoms with Crippen LogP contribution in [0.4, 0.5) is 0 Å². The summed E-state index contributed by atoms with van der Waals surface area (Å²) in [6, 6.07) is 28.0. The van der Waals surface area contributed by atoms with Crippen LogP contribution in [0.3, 0.4) is 0 Å². The number of benzene rings is 3. The number of nitrogens with zero attached hydrogens (tertiary/aromatic N) is 4. The Morgan fingerprint density at radius 3 is 2.22 bits per heavy atom. The largest absolute Gasteiger partial charge is 0.497 e. The number of rotatable bonds is 13. The van der Waals surface area contributed by atoms with E-state index in [0.717, 1.165) is 58.7 Å². The Hall–Kier alpha value is -5.66. The normalized spacial score (nSPS) is 11.7. The van der Waals surface area contributed by atoms with Gasteiger partial charge < -0.3 is 14.6 Å². The minimum Gasteiger partial charge on any atom is -0.497 e. The minimum atomic E-state index is -0.0804. The van der Waals surface area contributed by atoms with Gasteiger partial charge in [-0.1, -0.05) is 67.8 Å². The molecular formula is C39H39N5O2. The number of carbonyl (C=O) groups is 1. The quantitative estimate of drug-likeness (QED) is 0.0931. The topological polar surface area (TPSA) is 104 Å². The fourth-order valence-electron chi connectivity index (χ4n) is 4.96. The molecule has 0 aliphatic rings. The minimum absolute atomic E-state index is 0.0804. The maximum absolute atomic E-state index is 12.7. The van der Waals surface area contributed by atoms with Gasteiger partial charge in [-0.3, -0.25) is 4.79 Å². The average Bonchev–Trinajstić information content (AvgIpc) is 3.45. The summed E-state index contributed by atoms with van der Waals surface area (Å²) in [5.41, 5.74) is 7.07. The third kappa shape index (κ3) is 8.49. The van der Waals surface area contributed by atoms with Gasteiger partial charge in [0.15, 0.2) is 0 Å². The molecule has 7 heteroatoms. The van der Waals surface area contributed by atoms with E-state index in [1.807, 2.05) is 61.5 Å². The molecule has 0 spiro atoms. The molecular weight excluding hydrogens is 570 g/mol. The van der Waals surface area contributed by atoms with Crippen molar-refractivity contribution in [1.82, 2.24) is 14.9 Å². The summed E-state index contributed by atoms with van der Waals surface area (Å²) < 4.78 is 7.54. The van der Waals surface area contributed by atoms with E-state index in [-0.39, 0.29) is 5.91 Å². The molecule has 0 aliphatic heterocycles. The second-order valence-corrected chi connectivity index (χ2v) is 10.9. The Morgan fingerprint density at radius 1 is 0.935 bits per heavy atom. The third-order valence-corrected chi connectivity index (χ3v) is 7.60. The van der Waals surface area contributed by atoms with Crippen LogP contribution >= 0.6 is 0 Å². The fraction of sp³-hybridized carbons (Fsp3) is 0.231. The number of imidazole rings is 1. The Balaban J connectivity index is 1.83. The molecule has 4 aromatic rings. The third-order valence-electron chi connectivity index (χ3n) is 7.60. The number of nitrogens with one attached hydrogen (secondary N) is 1. The number of aryl methyl sites for hydroxylation is 1. The highest BCUT2D eigenvalue weighted by Gasteiger charge is 2.20. The van der Waals surface area contributed by atoms with Crippen LogP contribution in [0.1, 0.15) is 60.4 Å². The van der Waals surface area contributed by atoms with Crippen LogP contribution in [0.25, 0.3) is 28.6 Å². The van der Waals surface area contributed by atoms with Gasteiger partial charge in [0.2, 0.25) is 0 Å². The van der Waals surface area contributed by atoms with Crippen molar-refractivity contribution in [3.63, 3.8) is 0 Å². The second-order valence-electron chi connectivity index (χ2n) is 10.9. The highest BCUT2D eigenvalue weighted by molar-refractivity contribution is 5.94. The van der Waals surface area contributed by atoms with Crippen LogP contribution in [0.2, 0.25) is 0 Å². The van der Waals surface area contributed by atoms with Crippen molar-refractivity contribution in [2.45, 2.75) is 46.6 Å². The molecule has 0 saturated carbocycles. The lowest BCUT2D eigenvalue weighted by Crippen LogP contribution is -2.24. The molecule has 7 nitrogen and oxygen atoms in total. The van der Waals surface area contributed by atoms with Crippen molar-refractivity contribution < 1.29 is 9.53 Å². The summed E-state index contributed by atoms with van der Waals surface area (Å²) in [7, 11) is 1.64. The van der Waals surface area contributed by atoms with Crippen molar-refractivity contribution in [3.05, 3.63) is 125 Å². The van der Waals surface area contributed by atoms with Crippen molar-refractivity contribution in [2.75, 3.05) is 13.7 Å². The van der Waals surface area contributed by atoms with E-state index in [2.05, 4.69) is 53.2 Å². The van der Waals surface area contributed by atoms with Crippen LogP contribution in [0.15, 0.2) is 102 Å². The molecule has 3 aromatic carbocycles. The summed E-state index contributed by atoms with van der Waals surface area (Å²) in [6.45, 7) is 7.07. The van der Waals surface area contributed by atoms with Crippen LogP contribution in [0.5, 0.6) is 5.75 Å². The molecule has 0 radical (unpaired) electrons. The van der Waals surface area contributed by atoms with E-state index in [0.29, 0.717) is 35.6 Å². The molecule has 1 amide bonds. The first-order valence-electron chi connectivity index (χ1n) is 15.5. The van der Waals surface area contributed by atoms with Crippen molar-refractivity contribution in [3.8, 4) is 40.4 Å². The van der Waals surface area contributed by atoms with Gasteiger partial charge in [0.25, 0.3) is 5.91 Å². The first-order chi connectivity index (χ1) is 22.4. The molecule has 0 unspecified atom stereocenters. The number of aromatic nitrogens is 2. The van der Waals surface area contributed by atoms with Gasteiger partial charge >= 0.3 is 0 Å². The zero-order valence-corrected chi connectivity index (χ0v) is 26.9. The zero-order chi connectivity index (χ0) is 32.9. The number of allylic oxidation sites excluding steroid dienone is 5. The van der Waals surface area contributed by atoms with Gasteiger partial charge in [0, 0.05) is 35.4 Å². The number of hydrogen-bond acceptors (Lipinski definition) is 5. The number of amides is 1. The zero-order valence-electron chi connectivity index (χ0n) is 26.9. The van der Waals surface area contributed by atoms with Gasteiger partial charge in [0.1, 0.15) is 11.6 Å². The molecule has 1 heterocycles. The number of unbranched alkanes of at least 4 members (excludes halogenated alkanes) is 2. The summed E-state index contributed by atoms with van der Waals surface area (Å²) in [5.74, 6) is 1.30. The molecule has 1 aromatic heterocycles. The van der Waals surface area contributed by atoms with Gasteiger partial charge in [-0.05, 0) is 80.5 Å². The summed E-state index contributed by atoms with van der Waals surface area (Å²) in [5, 5.41) is 22.2. The highest BCUT2D eigenvalue weighted by atomic mass is 16.5. The maximum atomic E-state index is 12.7. The standard InChI is InChI=1S/C39H39N5O2/c1-5-7-8-23-42-39(45)34-16-11-30(12-17-34)27-44-36(22-13-31(26-41)24-29(6-2)25-40)43-37(32-14-9-28(3)10-15-32)38(44)33-18-20-35(46-4)21-19-33/h6,9-22,24H,5,7-8,23,27H2,1-4H3,(H,42,45)/b22-13+,29-6+,31-24+. The first kappa shape index (κ1) is 33.2. The smallest absolute Gasteiger partial charge is 0.251 e. The monoisotopic (exact) mass is 609 g/mol. The highest BCUT2D eigenvalue weighted by Crippen LogP contribution is 2.35. The van der Waals surface area contributed by atoms with Crippen LogP contribution < -0.4 is 10.1 Å². The van der Waals surface area contributed by atoms with Crippen molar-refractivity contribution in [2.24, 2.45) is 0 Å². The Morgan fingerprint density at radius 2 is 1.61 bits per heavy atom. The van der Waals surface area contributed by atoms with E-state index in [1.54, 1.807) is 32.3 Å². The van der Waals surface area contributed by atoms with Crippen molar-refractivity contribution in [1.29, 1.82) is 10.5 Å². The summed E-state index contributed by atoms with van der Waals surface area (Å²) >= 11 is 0. The van der Waals surface area contributed by atoms with Gasteiger partial charge in [0.05, 0.1) is 36.2 Å². The van der Waals surface area contributed by atoms with E-state index in [1.165, 1.54) is 0 Å². The van der Waals surface area contributed by atoms with Crippen molar-refractivity contribution >= 4 is 12.0 Å². The molecule has 0 bridgehead atoms. The van der Waals surface area contributed by atoms with Crippen LogP contribution in [-0.4, -0.2) is 29.1 Å². The predicted octanol–water partition coefficient (Wildman–Crippen LogP) is 8.44. The lowest BCUT2D eigenvalue weighted by molar-refractivity contribution is 0.0953. The number of ether oxygens (including phenoxy) is 1. The summed E-state index contributed by atoms with van der Waals surface area (Å²) in [4.78, 5) is 17.8. The van der Waals surface area contributed by atoms with E-state index in [9.17, 15) is 15.3 Å². The number of hydrogen-bond donors (Lipinski definition) is 1. The Bertz CT molecular complexity index is 1810. The average molecular weight is 610 g/mol. The second kappa shape index (κ2) is 16.4. The lowest BCUT2D eigenvalue weighted by Gasteiger charge is -2.14. The van der Waals surface area contributed by atoms with Crippen LogP contribution in [-0.2, 0) is 6.54 Å². The van der Waals surface area contributed by atoms with Gasteiger partial charge in [-0.15, -0.1) is 0 Å². The van der Waals surface area contributed by atoms with Gasteiger partial charge in [-0.25, -0.2) is 4.98 Å². The maximum Gasteiger partial charge on any atom is 0.251 e. The SMILES string of the molecule is C\C=C(C#N)/C=C(C#N)\C=C\c1nc(-c2ccc(C)cc2)c(-c2ccc(OC)cc2)n1Cc1ccc(C(=O)NCCCCC)cc1.